The maximum atomic E-state index is 13.7. The van der Waals surface area contributed by atoms with Gasteiger partial charge in [0.15, 0.2) is 0 Å². The van der Waals surface area contributed by atoms with Crippen LogP contribution in [-0.2, 0) is 6.54 Å². The summed E-state index contributed by atoms with van der Waals surface area (Å²) in [5.74, 6) is -0.460. The van der Waals surface area contributed by atoms with Crippen LogP contribution in [0.4, 0.5) is 10.3 Å². The number of halogens is 1. The van der Waals surface area contributed by atoms with Crippen molar-refractivity contribution in [3.8, 4) is 16.9 Å². The number of benzene rings is 3. The van der Waals surface area contributed by atoms with E-state index in [-0.39, 0.29) is 23.2 Å². The van der Waals surface area contributed by atoms with Gasteiger partial charge in [-0.2, -0.15) is 0 Å². The second kappa shape index (κ2) is 11.0. The van der Waals surface area contributed by atoms with E-state index in [2.05, 4.69) is 39.7 Å². The predicted molar refractivity (Wildman–Crippen MR) is 151 cm³/mol. The van der Waals surface area contributed by atoms with E-state index in [1.54, 1.807) is 24.5 Å². The number of aryl methyl sites for hydroxylation is 1. The molecule has 202 valence electrons. The van der Waals surface area contributed by atoms with Crippen molar-refractivity contribution in [2.45, 2.75) is 39.8 Å². The summed E-state index contributed by atoms with van der Waals surface area (Å²) >= 11 is 0. The van der Waals surface area contributed by atoms with Gasteiger partial charge in [-0.05, 0) is 65.6 Å². The van der Waals surface area contributed by atoms with Crippen LogP contribution in [-0.4, -0.2) is 56.7 Å². The Morgan fingerprint density at radius 1 is 1.05 bits per heavy atom. The lowest BCUT2D eigenvalue weighted by atomic mass is 9.97. The van der Waals surface area contributed by atoms with E-state index in [1.807, 2.05) is 19.1 Å². The molecule has 0 bridgehead atoms. The van der Waals surface area contributed by atoms with Crippen LogP contribution in [0.15, 0.2) is 60.9 Å². The third-order valence-corrected chi connectivity index (χ3v) is 7.37. The molecule has 1 atom stereocenters. The highest BCUT2D eigenvalue weighted by atomic mass is 19.1. The maximum Gasteiger partial charge on any atom is 0.339 e. The SMILES string of the molecule is Cc1cc(CN2CCN(c3ncc(-c4cccc(F)c4)cn3)[C@H](CC(C)C)C2)cc2c(O)c(C(=O)O)ccc12. The molecule has 2 N–H and O–H groups in total. The third-order valence-electron chi connectivity index (χ3n) is 7.37. The predicted octanol–water partition coefficient (Wildman–Crippen LogP) is 5.89. The van der Waals surface area contributed by atoms with Crippen LogP contribution in [0.2, 0.25) is 0 Å². The molecule has 3 aromatic carbocycles. The van der Waals surface area contributed by atoms with Crippen molar-refractivity contribution < 1.29 is 19.4 Å². The number of carbonyl (C=O) groups is 1. The molecule has 4 aromatic rings. The lowest BCUT2D eigenvalue weighted by molar-refractivity contribution is 0.0694. The molecule has 0 radical (unpaired) electrons. The van der Waals surface area contributed by atoms with Gasteiger partial charge in [0.1, 0.15) is 17.1 Å². The molecule has 8 heteroatoms. The molecule has 5 rings (SSSR count). The Morgan fingerprint density at radius 2 is 1.82 bits per heavy atom. The summed E-state index contributed by atoms with van der Waals surface area (Å²) in [6.45, 7) is 9.48. The Labute approximate surface area is 227 Å². The first kappa shape index (κ1) is 26.6. The summed E-state index contributed by atoms with van der Waals surface area (Å²) in [5, 5.41) is 21.5. The number of carboxylic acid groups (broad SMARTS) is 1. The first-order valence-electron chi connectivity index (χ1n) is 13.2. The van der Waals surface area contributed by atoms with Crippen molar-refractivity contribution in [1.29, 1.82) is 0 Å². The largest absolute Gasteiger partial charge is 0.506 e. The van der Waals surface area contributed by atoms with E-state index in [1.165, 1.54) is 18.2 Å². The molecule has 0 amide bonds. The normalized spacial score (nSPS) is 16.2. The summed E-state index contributed by atoms with van der Waals surface area (Å²) in [5.41, 5.74) is 3.47. The molecular formula is C31H33FN4O3. The van der Waals surface area contributed by atoms with Gasteiger partial charge in [-0.3, -0.25) is 4.90 Å². The Hall–Kier alpha value is -4.04. The highest BCUT2D eigenvalue weighted by Gasteiger charge is 2.29. The van der Waals surface area contributed by atoms with Crippen LogP contribution in [0.25, 0.3) is 21.9 Å². The second-order valence-corrected chi connectivity index (χ2v) is 10.8. The van der Waals surface area contributed by atoms with Crippen molar-refractivity contribution in [2.75, 3.05) is 24.5 Å². The number of aromatic nitrogens is 2. The van der Waals surface area contributed by atoms with Crippen LogP contribution < -0.4 is 4.90 Å². The molecular weight excluding hydrogens is 495 g/mol. The van der Waals surface area contributed by atoms with Crippen molar-refractivity contribution in [3.05, 3.63) is 83.4 Å². The highest BCUT2D eigenvalue weighted by molar-refractivity contribution is 6.01. The van der Waals surface area contributed by atoms with E-state index in [4.69, 9.17) is 0 Å². The number of aromatic hydroxyl groups is 1. The number of piperazine rings is 1. The van der Waals surface area contributed by atoms with Crippen molar-refractivity contribution >= 4 is 22.7 Å². The van der Waals surface area contributed by atoms with Crippen LogP contribution in [0.5, 0.6) is 5.75 Å². The monoisotopic (exact) mass is 528 g/mol. The van der Waals surface area contributed by atoms with Crippen LogP contribution in [0.1, 0.15) is 41.8 Å². The molecule has 1 saturated heterocycles. The van der Waals surface area contributed by atoms with Crippen LogP contribution in [0.3, 0.4) is 0 Å². The van der Waals surface area contributed by atoms with Gasteiger partial charge in [0, 0.05) is 55.6 Å². The maximum absolute atomic E-state index is 13.7. The molecule has 1 fully saturated rings. The van der Waals surface area contributed by atoms with E-state index in [0.29, 0.717) is 23.8 Å². The zero-order chi connectivity index (χ0) is 27.7. The topological polar surface area (TPSA) is 89.8 Å². The van der Waals surface area contributed by atoms with E-state index in [0.717, 1.165) is 53.7 Å². The molecule has 7 nitrogen and oxygen atoms in total. The smallest absolute Gasteiger partial charge is 0.339 e. The fraction of sp³-hybridized carbons (Fsp3) is 0.323. The van der Waals surface area contributed by atoms with Gasteiger partial charge >= 0.3 is 5.97 Å². The lowest BCUT2D eigenvalue weighted by Crippen LogP contribution is -2.54. The van der Waals surface area contributed by atoms with Gasteiger partial charge in [0.05, 0.1) is 0 Å². The first-order chi connectivity index (χ1) is 18.7. The molecule has 1 aliphatic heterocycles. The average molecular weight is 529 g/mol. The molecule has 0 spiro atoms. The number of aromatic carboxylic acids is 1. The number of hydrogen-bond donors (Lipinski definition) is 2. The quantitative estimate of drug-likeness (QED) is 0.309. The molecule has 0 saturated carbocycles. The fourth-order valence-electron chi connectivity index (χ4n) is 5.56. The van der Waals surface area contributed by atoms with E-state index >= 15 is 0 Å². The molecule has 0 unspecified atom stereocenters. The van der Waals surface area contributed by atoms with Crippen LogP contribution in [0, 0.1) is 18.7 Å². The van der Waals surface area contributed by atoms with E-state index < -0.39 is 5.97 Å². The number of fused-ring (bicyclic) bond motifs is 1. The number of rotatable bonds is 7. The standard InChI is InChI=1S/C31H33FN4O3/c1-19(2)11-25-18-35(17-21-12-20(3)26-7-8-27(30(38)39)29(37)28(26)13-21)9-10-36(25)31-33-15-23(16-34-31)22-5-4-6-24(32)14-22/h4-8,12-16,19,25,37H,9-11,17-18H2,1-3H3,(H,38,39)/t25-/m1/s1. The van der Waals surface area contributed by atoms with Gasteiger partial charge in [-0.1, -0.05) is 38.1 Å². The Morgan fingerprint density at radius 3 is 2.51 bits per heavy atom. The van der Waals surface area contributed by atoms with Crippen molar-refractivity contribution in [3.63, 3.8) is 0 Å². The van der Waals surface area contributed by atoms with E-state index in [9.17, 15) is 19.4 Å². The minimum atomic E-state index is -1.14. The Balaban J connectivity index is 1.36. The number of carboxylic acids is 1. The minimum absolute atomic E-state index is 0.0897. The molecule has 39 heavy (non-hydrogen) atoms. The number of phenols is 1. The molecule has 1 aliphatic rings. The Bertz CT molecular complexity index is 1510. The summed E-state index contributed by atoms with van der Waals surface area (Å²) in [6, 6.07) is 13.9. The summed E-state index contributed by atoms with van der Waals surface area (Å²) in [6.07, 6.45) is 4.49. The number of anilines is 1. The molecule has 1 aromatic heterocycles. The van der Waals surface area contributed by atoms with Gasteiger partial charge in [0.2, 0.25) is 5.95 Å². The minimum Gasteiger partial charge on any atom is -0.506 e. The lowest BCUT2D eigenvalue weighted by Gasteiger charge is -2.42. The number of hydrogen-bond acceptors (Lipinski definition) is 6. The van der Waals surface area contributed by atoms with Crippen LogP contribution >= 0.6 is 0 Å². The highest BCUT2D eigenvalue weighted by Crippen LogP contribution is 2.33. The van der Waals surface area contributed by atoms with Gasteiger partial charge in [0.25, 0.3) is 0 Å². The number of nitrogens with zero attached hydrogens (tertiary/aromatic N) is 4. The molecule has 0 aliphatic carbocycles. The fourth-order valence-corrected chi connectivity index (χ4v) is 5.56. The summed E-state index contributed by atoms with van der Waals surface area (Å²) in [4.78, 5) is 25.5. The van der Waals surface area contributed by atoms with Gasteiger partial charge in [-0.15, -0.1) is 0 Å². The first-order valence-corrected chi connectivity index (χ1v) is 13.2. The second-order valence-electron chi connectivity index (χ2n) is 10.8. The zero-order valence-electron chi connectivity index (χ0n) is 22.4. The van der Waals surface area contributed by atoms with Gasteiger partial charge in [-0.25, -0.2) is 19.2 Å². The zero-order valence-corrected chi connectivity index (χ0v) is 22.4. The molecule has 2 heterocycles. The average Bonchev–Trinajstić information content (AvgIpc) is 2.89. The summed E-state index contributed by atoms with van der Waals surface area (Å²) < 4.78 is 13.7. The van der Waals surface area contributed by atoms with Crippen molar-refractivity contribution in [1.82, 2.24) is 14.9 Å². The van der Waals surface area contributed by atoms with Crippen molar-refractivity contribution in [2.24, 2.45) is 5.92 Å². The Kier molecular flexibility index (Phi) is 7.48. The third kappa shape index (κ3) is 5.71. The van der Waals surface area contributed by atoms with Gasteiger partial charge < -0.3 is 15.1 Å². The summed E-state index contributed by atoms with van der Waals surface area (Å²) in [7, 11) is 0.